The van der Waals surface area contributed by atoms with Crippen molar-refractivity contribution in [2.45, 2.75) is 81.1 Å². The van der Waals surface area contributed by atoms with Gasteiger partial charge in [-0.1, -0.05) is 55.4 Å². The van der Waals surface area contributed by atoms with Crippen molar-refractivity contribution in [1.82, 2.24) is 0 Å². The van der Waals surface area contributed by atoms with Crippen LogP contribution in [0.2, 0.25) is 0 Å². The Morgan fingerprint density at radius 2 is 1.05 bits per heavy atom. The number of hydrogen-bond donors (Lipinski definition) is 0. The summed E-state index contributed by atoms with van der Waals surface area (Å²) in [4.78, 5) is 23.8. The Bertz CT molecular complexity index is 317. The lowest BCUT2D eigenvalue weighted by Gasteiger charge is -2.27. The van der Waals surface area contributed by atoms with Gasteiger partial charge >= 0.3 is 11.9 Å². The molecule has 0 spiro atoms. The highest BCUT2D eigenvalue weighted by Gasteiger charge is 2.28. The molecule has 0 amide bonds. The van der Waals surface area contributed by atoms with E-state index in [1.807, 2.05) is 27.7 Å². The van der Waals surface area contributed by atoms with Gasteiger partial charge in [-0.3, -0.25) is 9.59 Å². The van der Waals surface area contributed by atoms with Crippen LogP contribution in [0, 0.1) is 22.7 Å². The van der Waals surface area contributed by atoms with Gasteiger partial charge in [-0.2, -0.15) is 0 Å². The van der Waals surface area contributed by atoms with Gasteiger partial charge in [0.25, 0.3) is 0 Å². The van der Waals surface area contributed by atoms with E-state index in [0.717, 1.165) is 12.8 Å². The maximum Gasteiger partial charge on any atom is 0.313 e. The van der Waals surface area contributed by atoms with Crippen molar-refractivity contribution in [3.8, 4) is 0 Å². The molecule has 0 aliphatic rings. The minimum atomic E-state index is -0.397. The van der Waals surface area contributed by atoms with Gasteiger partial charge in [-0.15, -0.1) is 0 Å². The molecule has 0 heterocycles. The molecule has 0 saturated heterocycles. The van der Waals surface area contributed by atoms with Crippen LogP contribution in [0.15, 0.2) is 0 Å². The number of carbonyl (C=O) groups is 2. The van der Waals surface area contributed by atoms with Crippen LogP contribution in [0.5, 0.6) is 0 Å². The predicted molar refractivity (Wildman–Crippen MR) is 86.8 cm³/mol. The molecule has 3 heteroatoms. The fourth-order valence-electron chi connectivity index (χ4n) is 3.34. The summed E-state index contributed by atoms with van der Waals surface area (Å²) in [5, 5.41) is 0. The van der Waals surface area contributed by atoms with Gasteiger partial charge in [0.15, 0.2) is 0 Å². The highest BCUT2D eigenvalue weighted by atomic mass is 16.6. The summed E-state index contributed by atoms with van der Waals surface area (Å²) in [6.45, 7) is 16.7. The highest BCUT2D eigenvalue weighted by molar-refractivity contribution is 5.86. The zero-order chi connectivity index (χ0) is 16.8. The summed E-state index contributed by atoms with van der Waals surface area (Å²) < 4.78 is 5.01. The summed E-state index contributed by atoms with van der Waals surface area (Å²) >= 11 is 0. The van der Waals surface area contributed by atoms with Gasteiger partial charge < -0.3 is 4.74 Å². The van der Waals surface area contributed by atoms with E-state index in [4.69, 9.17) is 4.74 Å². The smallest absolute Gasteiger partial charge is 0.313 e. The Labute approximate surface area is 130 Å². The van der Waals surface area contributed by atoms with E-state index in [9.17, 15) is 9.59 Å². The van der Waals surface area contributed by atoms with Crippen LogP contribution in [0.3, 0.4) is 0 Å². The first-order valence-corrected chi connectivity index (χ1v) is 8.06. The molecule has 0 fully saturated rings. The van der Waals surface area contributed by atoms with Gasteiger partial charge in [0.1, 0.15) is 0 Å². The highest BCUT2D eigenvalue weighted by Crippen LogP contribution is 2.31. The Morgan fingerprint density at radius 3 is 1.29 bits per heavy atom. The molecule has 0 aliphatic heterocycles. The van der Waals surface area contributed by atoms with Crippen LogP contribution >= 0.6 is 0 Å². The van der Waals surface area contributed by atoms with Crippen molar-refractivity contribution >= 4 is 11.9 Å². The summed E-state index contributed by atoms with van der Waals surface area (Å²) in [5.74, 6) is 0.249. The lowest BCUT2D eigenvalue weighted by Crippen LogP contribution is -2.26. The van der Waals surface area contributed by atoms with Crippen LogP contribution in [0.25, 0.3) is 0 Å². The number of rotatable bonds is 8. The Balaban J connectivity index is 4.36. The third kappa shape index (κ3) is 10.5. The number of esters is 2. The van der Waals surface area contributed by atoms with Gasteiger partial charge in [-0.25, -0.2) is 0 Å². The average Bonchev–Trinajstić information content (AvgIpc) is 2.07. The molecule has 0 N–H and O–H groups in total. The van der Waals surface area contributed by atoms with Gasteiger partial charge in [-0.05, 0) is 35.5 Å². The maximum atomic E-state index is 11.9. The van der Waals surface area contributed by atoms with Crippen molar-refractivity contribution in [2.75, 3.05) is 0 Å². The first kappa shape index (κ1) is 20.1. The summed E-state index contributed by atoms with van der Waals surface area (Å²) in [7, 11) is 0. The standard InChI is InChI=1S/C18H34O3/c1-13(2)9-17(5,6)11-15(19)21-16(20)12-18(7,8)10-14(3)4/h13-14H,9-12H2,1-8H3. The molecule has 0 aromatic heterocycles. The van der Waals surface area contributed by atoms with Crippen molar-refractivity contribution < 1.29 is 14.3 Å². The second-order valence-electron chi connectivity index (χ2n) is 8.72. The molecule has 0 aromatic carbocycles. The average molecular weight is 298 g/mol. The van der Waals surface area contributed by atoms with Crippen LogP contribution < -0.4 is 0 Å². The fraction of sp³-hybridized carbons (Fsp3) is 0.889. The Hall–Kier alpha value is -0.860. The van der Waals surface area contributed by atoms with Gasteiger partial charge in [0.2, 0.25) is 0 Å². The lowest BCUT2D eigenvalue weighted by atomic mass is 9.81. The van der Waals surface area contributed by atoms with Crippen LogP contribution in [-0.4, -0.2) is 11.9 Å². The second-order valence-corrected chi connectivity index (χ2v) is 8.72. The van der Waals surface area contributed by atoms with Gasteiger partial charge in [0.05, 0.1) is 12.8 Å². The number of hydrogen-bond acceptors (Lipinski definition) is 3. The number of carbonyl (C=O) groups excluding carboxylic acids is 2. The molecule has 124 valence electrons. The second kappa shape index (κ2) is 7.95. The lowest BCUT2D eigenvalue weighted by molar-refractivity contribution is -0.162. The summed E-state index contributed by atoms with van der Waals surface area (Å²) in [5.41, 5.74) is -0.252. The van der Waals surface area contributed by atoms with E-state index >= 15 is 0 Å². The Kier molecular flexibility index (Phi) is 7.63. The van der Waals surface area contributed by atoms with E-state index in [1.165, 1.54) is 0 Å². The zero-order valence-electron chi connectivity index (χ0n) is 15.2. The van der Waals surface area contributed by atoms with E-state index in [1.54, 1.807) is 0 Å². The van der Waals surface area contributed by atoms with E-state index in [-0.39, 0.29) is 10.8 Å². The largest absolute Gasteiger partial charge is 0.393 e. The first-order chi connectivity index (χ1) is 9.33. The molecule has 0 saturated carbocycles. The van der Waals surface area contributed by atoms with Gasteiger partial charge in [0, 0.05) is 0 Å². The normalized spacial score (nSPS) is 12.9. The minimum Gasteiger partial charge on any atom is -0.393 e. The van der Waals surface area contributed by atoms with Crippen LogP contribution in [-0.2, 0) is 14.3 Å². The molecule has 21 heavy (non-hydrogen) atoms. The van der Waals surface area contributed by atoms with Crippen molar-refractivity contribution in [2.24, 2.45) is 22.7 Å². The summed E-state index contributed by atoms with van der Waals surface area (Å²) in [6.07, 6.45) is 2.47. The molecule has 0 bridgehead atoms. The monoisotopic (exact) mass is 298 g/mol. The Morgan fingerprint density at radius 1 is 0.762 bits per heavy atom. The van der Waals surface area contributed by atoms with E-state index in [0.29, 0.717) is 24.7 Å². The molecule has 0 aliphatic carbocycles. The molecule has 0 unspecified atom stereocenters. The molecule has 0 rings (SSSR count). The van der Waals surface area contributed by atoms with Crippen molar-refractivity contribution in [3.05, 3.63) is 0 Å². The minimum absolute atomic E-state index is 0.126. The molecular formula is C18H34O3. The quantitative estimate of drug-likeness (QED) is 0.469. The SMILES string of the molecule is CC(C)CC(C)(C)CC(=O)OC(=O)CC(C)(C)CC(C)C. The van der Waals surface area contributed by atoms with Crippen molar-refractivity contribution in [3.63, 3.8) is 0 Å². The maximum absolute atomic E-state index is 11.9. The molecule has 0 aromatic rings. The molecule has 0 atom stereocenters. The van der Waals surface area contributed by atoms with Crippen molar-refractivity contribution in [1.29, 1.82) is 0 Å². The predicted octanol–water partition coefficient (Wildman–Crippen LogP) is 4.98. The molecule has 0 radical (unpaired) electrons. The first-order valence-electron chi connectivity index (χ1n) is 8.06. The third-order valence-electron chi connectivity index (χ3n) is 3.40. The fourth-order valence-corrected chi connectivity index (χ4v) is 3.34. The summed E-state index contributed by atoms with van der Waals surface area (Å²) in [6, 6.07) is 0. The van der Waals surface area contributed by atoms with E-state index < -0.39 is 11.9 Å². The molecule has 3 nitrogen and oxygen atoms in total. The van der Waals surface area contributed by atoms with Crippen LogP contribution in [0.1, 0.15) is 81.1 Å². The molecular weight excluding hydrogens is 264 g/mol. The van der Waals surface area contributed by atoms with E-state index in [2.05, 4.69) is 27.7 Å². The topological polar surface area (TPSA) is 43.4 Å². The van der Waals surface area contributed by atoms with Crippen LogP contribution in [0.4, 0.5) is 0 Å². The third-order valence-corrected chi connectivity index (χ3v) is 3.40. The number of ether oxygens (including phenoxy) is 1. The zero-order valence-corrected chi connectivity index (χ0v) is 15.2.